The molecule has 0 saturated heterocycles. The molecule has 7 nitrogen and oxygen atoms in total. The number of carbonyl (C=O) groups excluding carboxylic acids is 1. The Morgan fingerprint density at radius 2 is 2.00 bits per heavy atom. The standard InChI is InChI=1S/C17H22F3N5O2/c1-3-24(4-2)7-8-25-11-14(10-22-25)23-16(26)13-5-6-15(21-9-13)27-12-17(18,19)20/h5-6,9-11H,3-4,7-8,12H2,1-2H3,(H,23,26). The van der Waals surface area contributed by atoms with Gasteiger partial charge in [0.25, 0.3) is 5.91 Å². The van der Waals surface area contributed by atoms with E-state index in [1.165, 1.54) is 18.3 Å². The number of carbonyl (C=O) groups is 1. The Balaban J connectivity index is 1.88. The summed E-state index contributed by atoms with van der Waals surface area (Å²) < 4.78 is 42.6. The lowest BCUT2D eigenvalue weighted by molar-refractivity contribution is -0.154. The van der Waals surface area contributed by atoms with E-state index in [-0.39, 0.29) is 11.4 Å². The van der Waals surface area contributed by atoms with Crippen molar-refractivity contribution in [3.8, 4) is 5.88 Å². The number of nitrogens with zero attached hydrogens (tertiary/aromatic N) is 4. The van der Waals surface area contributed by atoms with Gasteiger partial charge in [0.2, 0.25) is 5.88 Å². The van der Waals surface area contributed by atoms with E-state index in [1.54, 1.807) is 10.9 Å². The zero-order chi connectivity index (χ0) is 19.9. The first kappa shape index (κ1) is 20.7. The normalized spacial score (nSPS) is 11.6. The van der Waals surface area contributed by atoms with Crippen molar-refractivity contribution in [1.82, 2.24) is 19.7 Å². The molecule has 0 atom stereocenters. The first-order valence-electron chi connectivity index (χ1n) is 8.52. The third-order valence-corrected chi connectivity index (χ3v) is 3.81. The summed E-state index contributed by atoms with van der Waals surface area (Å²) in [5.74, 6) is -0.638. The Morgan fingerprint density at radius 3 is 2.59 bits per heavy atom. The first-order valence-corrected chi connectivity index (χ1v) is 8.52. The van der Waals surface area contributed by atoms with Crippen LogP contribution in [0.1, 0.15) is 24.2 Å². The second-order valence-corrected chi connectivity index (χ2v) is 5.76. The highest BCUT2D eigenvalue weighted by molar-refractivity contribution is 6.03. The van der Waals surface area contributed by atoms with Crippen LogP contribution in [0.25, 0.3) is 0 Å². The number of anilines is 1. The molecule has 27 heavy (non-hydrogen) atoms. The highest BCUT2D eigenvalue weighted by Gasteiger charge is 2.28. The second kappa shape index (κ2) is 9.36. The van der Waals surface area contributed by atoms with E-state index in [1.807, 2.05) is 0 Å². The molecule has 0 aliphatic carbocycles. The summed E-state index contributed by atoms with van der Waals surface area (Å²) in [7, 11) is 0. The Bertz CT molecular complexity index is 727. The summed E-state index contributed by atoms with van der Waals surface area (Å²) in [6.07, 6.45) is -0.0287. The first-order chi connectivity index (χ1) is 12.8. The van der Waals surface area contributed by atoms with Gasteiger partial charge in [0, 0.05) is 25.0 Å². The van der Waals surface area contributed by atoms with Gasteiger partial charge in [0.15, 0.2) is 6.61 Å². The lowest BCUT2D eigenvalue weighted by Crippen LogP contribution is -2.27. The number of hydrogen-bond acceptors (Lipinski definition) is 5. The summed E-state index contributed by atoms with van der Waals surface area (Å²) in [4.78, 5) is 18.2. The van der Waals surface area contributed by atoms with Gasteiger partial charge >= 0.3 is 6.18 Å². The molecule has 2 rings (SSSR count). The Morgan fingerprint density at radius 1 is 1.26 bits per heavy atom. The molecule has 0 fully saturated rings. The Labute approximate surface area is 155 Å². The number of likely N-dealkylation sites (N-methyl/N-ethyl adjacent to an activating group) is 1. The number of aromatic nitrogens is 3. The molecule has 0 unspecified atom stereocenters. The number of amides is 1. The van der Waals surface area contributed by atoms with E-state index in [0.29, 0.717) is 12.2 Å². The number of alkyl halides is 3. The van der Waals surface area contributed by atoms with Gasteiger partial charge < -0.3 is 15.0 Å². The summed E-state index contributed by atoms with van der Waals surface area (Å²) in [5.41, 5.74) is 0.724. The summed E-state index contributed by atoms with van der Waals surface area (Å²) in [6, 6.07) is 2.56. The summed E-state index contributed by atoms with van der Waals surface area (Å²) >= 11 is 0. The third kappa shape index (κ3) is 6.89. The van der Waals surface area contributed by atoms with Gasteiger partial charge in [0.05, 0.1) is 24.0 Å². The molecule has 10 heteroatoms. The fourth-order valence-electron chi connectivity index (χ4n) is 2.29. The molecule has 0 saturated carbocycles. The molecule has 0 spiro atoms. The minimum Gasteiger partial charge on any atom is -0.468 e. The molecular formula is C17H22F3N5O2. The third-order valence-electron chi connectivity index (χ3n) is 3.81. The van der Waals surface area contributed by atoms with Crippen LogP contribution in [0.5, 0.6) is 5.88 Å². The van der Waals surface area contributed by atoms with Crippen molar-refractivity contribution >= 4 is 11.6 Å². The second-order valence-electron chi connectivity index (χ2n) is 5.76. The van der Waals surface area contributed by atoms with Crippen molar-refractivity contribution in [3.63, 3.8) is 0 Å². The molecule has 0 radical (unpaired) electrons. The lowest BCUT2D eigenvalue weighted by Gasteiger charge is -2.17. The van der Waals surface area contributed by atoms with E-state index in [4.69, 9.17) is 0 Å². The van der Waals surface area contributed by atoms with E-state index >= 15 is 0 Å². The van der Waals surface area contributed by atoms with Crippen molar-refractivity contribution in [2.75, 3.05) is 31.6 Å². The predicted octanol–water partition coefficient (Wildman–Crippen LogP) is 2.81. The van der Waals surface area contributed by atoms with E-state index in [9.17, 15) is 18.0 Å². The summed E-state index contributed by atoms with van der Waals surface area (Å²) in [5, 5.41) is 6.87. The van der Waals surface area contributed by atoms with Crippen LogP contribution < -0.4 is 10.1 Å². The van der Waals surface area contributed by atoms with Crippen molar-refractivity contribution in [2.45, 2.75) is 26.6 Å². The monoisotopic (exact) mass is 385 g/mol. The lowest BCUT2D eigenvalue weighted by atomic mass is 10.2. The fourth-order valence-corrected chi connectivity index (χ4v) is 2.29. The molecule has 0 aromatic carbocycles. The number of nitrogens with one attached hydrogen (secondary N) is 1. The molecular weight excluding hydrogens is 363 g/mol. The van der Waals surface area contributed by atoms with Gasteiger partial charge in [0.1, 0.15) is 0 Å². The van der Waals surface area contributed by atoms with Gasteiger partial charge in [-0.1, -0.05) is 13.8 Å². The Hall–Kier alpha value is -2.62. The predicted molar refractivity (Wildman–Crippen MR) is 93.8 cm³/mol. The SMILES string of the molecule is CCN(CC)CCn1cc(NC(=O)c2ccc(OCC(F)(F)F)nc2)cn1. The van der Waals surface area contributed by atoms with E-state index in [0.717, 1.165) is 25.8 Å². The maximum absolute atomic E-state index is 12.2. The molecule has 0 aliphatic rings. The van der Waals surface area contributed by atoms with E-state index < -0.39 is 18.7 Å². The van der Waals surface area contributed by atoms with Crippen LogP contribution in [0.15, 0.2) is 30.7 Å². The number of halogens is 3. The minimum absolute atomic E-state index is 0.199. The summed E-state index contributed by atoms with van der Waals surface area (Å²) in [6.45, 7) is 6.21. The molecule has 2 aromatic rings. The number of pyridine rings is 1. The van der Waals surface area contributed by atoms with Crippen molar-refractivity contribution in [2.24, 2.45) is 0 Å². The van der Waals surface area contributed by atoms with Crippen LogP contribution in [-0.4, -0.2) is 58.0 Å². The highest BCUT2D eigenvalue weighted by atomic mass is 19.4. The van der Waals surface area contributed by atoms with Crippen molar-refractivity contribution in [1.29, 1.82) is 0 Å². The molecule has 0 aliphatic heterocycles. The topological polar surface area (TPSA) is 72.3 Å². The van der Waals surface area contributed by atoms with Crippen LogP contribution in [0.3, 0.4) is 0 Å². The maximum atomic E-state index is 12.2. The highest BCUT2D eigenvalue weighted by Crippen LogP contribution is 2.17. The number of hydrogen-bond donors (Lipinski definition) is 1. The van der Waals surface area contributed by atoms with Crippen LogP contribution >= 0.6 is 0 Å². The smallest absolute Gasteiger partial charge is 0.422 e. The molecule has 1 N–H and O–H groups in total. The van der Waals surface area contributed by atoms with Gasteiger partial charge in [-0.3, -0.25) is 9.48 Å². The zero-order valence-corrected chi connectivity index (χ0v) is 15.2. The van der Waals surface area contributed by atoms with Crippen LogP contribution in [0.2, 0.25) is 0 Å². The maximum Gasteiger partial charge on any atom is 0.422 e. The van der Waals surface area contributed by atoms with Gasteiger partial charge in [-0.2, -0.15) is 18.3 Å². The van der Waals surface area contributed by atoms with Crippen molar-refractivity contribution < 1.29 is 22.7 Å². The van der Waals surface area contributed by atoms with Crippen molar-refractivity contribution in [3.05, 3.63) is 36.3 Å². The largest absolute Gasteiger partial charge is 0.468 e. The molecule has 2 heterocycles. The average Bonchev–Trinajstić information content (AvgIpc) is 3.08. The molecule has 2 aromatic heterocycles. The molecule has 0 bridgehead atoms. The fraction of sp³-hybridized carbons (Fsp3) is 0.471. The van der Waals surface area contributed by atoms with Crippen LogP contribution in [0, 0.1) is 0 Å². The molecule has 148 valence electrons. The van der Waals surface area contributed by atoms with Gasteiger partial charge in [-0.25, -0.2) is 4.98 Å². The molecule has 1 amide bonds. The average molecular weight is 385 g/mol. The zero-order valence-electron chi connectivity index (χ0n) is 15.2. The van der Waals surface area contributed by atoms with Crippen LogP contribution in [-0.2, 0) is 6.54 Å². The Kier molecular flexibility index (Phi) is 7.17. The van der Waals surface area contributed by atoms with E-state index in [2.05, 4.69) is 38.9 Å². The van der Waals surface area contributed by atoms with Crippen LogP contribution in [0.4, 0.5) is 18.9 Å². The van der Waals surface area contributed by atoms with Gasteiger partial charge in [-0.15, -0.1) is 0 Å². The quantitative estimate of drug-likeness (QED) is 0.719. The number of rotatable bonds is 9. The number of ether oxygens (including phenoxy) is 1. The van der Waals surface area contributed by atoms with Gasteiger partial charge in [-0.05, 0) is 19.2 Å². The minimum atomic E-state index is -4.44.